The Labute approximate surface area is 129 Å². The molecule has 0 aromatic carbocycles. The summed E-state index contributed by atoms with van der Waals surface area (Å²) in [6, 6.07) is 2.53. The van der Waals surface area contributed by atoms with E-state index in [9.17, 15) is 13.2 Å². The number of hydrogen-bond donors (Lipinski definition) is 1. The Morgan fingerprint density at radius 2 is 1.95 bits per heavy atom. The number of aromatic nitrogens is 1. The van der Waals surface area contributed by atoms with Crippen LogP contribution >= 0.6 is 0 Å². The van der Waals surface area contributed by atoms with Crippen LogP contribution in [0.3, 0.4) is 0 Å². The van der Waals surface area contributed by atoms with Crippen LogP contribution in [-0.2, 0) is 6.18 Å². The summed E-state index contributed by atoms with van der Waals surface area (Å²) in [5.74, 6) is -0.0888. The number of hydrogen-bond acceptors (Lipinski definition) is 4. The third-order valence-electron chi connectivity index (χ3n) is 4.16. The van der Waals surface area contributed by atoms with Crippen LogP contribution in [0.15, 0.2) is 18.3 Å². The zero-order valence-electron chi connectivity index (χ0n) is 13.0. The first kappa shape index (κ1) is 17.0. The Morgan fingerprint density at radius 1 is 1.27 bits per heavy atom. The predicted octanol–water partition coefficient (Wildman–Crippen LogP) is 2.54. The summed E-state index contributed by atoms with van der Waals surface area (Å²) in [4.78, 5) is 8.50. The quantitative estimate of drug-likeness (QED) is 0.904. The molecule has 1 saturated heterocycles. The third kappa shape index (κ3) is 4.33. The summed E-state index contributed by atoms with van der Waals surface area (Å²) in [5.41, 5.74) is -0.710. The van der Waals surface area contributed by atoms with Crippen molar-refractivity contribution in [2.75, 3.05) is 44.6 Å². The van der Waals surface area contributed by atoms with Gasteiger partial charge in [0, 0.05) is 45.0 Å². The van der Waals surface area contributed by atoms with Gasteiger partial charge in [-0.15, -0.1) is 0 Å². The molecular formula is C15H23F3N4. The number of nitrogens with one attached hydrogen (secondary N) is 1. The number of nitrogens with zero attached hydrogens (tertiary/aromatic N) is 3. The molecule has 1 aliphatic heterocycles. The van der Waals surface area contributed by atoms with E-state index < -0.39 is 11.7 Å². The maximum atomic E-state index is 12.9. The molecule has 1 unspecified atom stereocenters. The Bertz CT molecular complexity index is 470. The summed E-state index contributed by atoms with van der Waals surface area (Å²) < 4.78 is 38.7. The van der Waals surface area contributed by atoms with Crippen molar-refractivity contribution in [1.29, 1.82) is 0 Å². The fraction of sp³-hybridized carbons (Fsp3) is 0.667. The van der Waals surface area contributed by atoms with Crippen molar-refractivity contribution in [3.63, 3.8) is 0 Å². The zero-order valence-corrected chi connectivity index (χ0v) is 13.0. The van der Waals surface area contributed by atoms with Crippen molar-refractivity contribution in [3.8, 4) is 0 Å². The minimum absolute atomic E-state index is 0.0888. The van der Waals surface area contributed by atoms with Gasteiger partial charge in [-0.05, 0) is 25.6 Å². The zero-order chi connectivity index (χ0) is 16.2. The largest absolute Gasteiger partial charge is 0.419 e. The van der Waals surface area contributed by atoms with Crippen molar-refractivity contribution >= 4 is 5.82 Å². The van der Waals surface area contributed by atoms with Crippen LogP contribution in [0.2, 0.25) is 0 Å². The smallest absolute Gasteiger partial charge is 0.368 e. The average molecular weight is 316 g/mol. The molecule has 124 valence electrons. The Hall–Kier alpha value is -1.34. The first-order valence-corrected chi connectivity index (χ1v) is 7.64. The number of anilines is 1. The Morgan fingerprint density at radius 3 is 2.55 bits per heavy atom. The SMILES string of the molecule is CCN1CCN(C(C)CNc2ncccc2C(F)(F)F)CC1. The summed E-state index contributed by atoms with van der Waals surface area (Å²) in [6.07, 6.45) is -3.01. The molecule has 1 fully saturated rings. The topological polar surface area (TPSA) is 31.4 Å². The highest BCUT2D eigenvalue weighted by Crippen LogP contribution is 2.33. The second kappa shape index (κ2) is 7.28. The van der Waals surface area contributed by atoms with E-state index in [0.29, 0.717) is 6.54 Å². The fourth-order valence-electron chi connectivity index (χ4n) is 2.67. The van der Waals surface area contributed by atoms with Gasteiger partial charge in [-0.3, -0.25) is 4.90 Å². The average Bonchev–Trinajstić information content (AvgIpc) is 2.52. The van der Waals surface area contributed by atoms with E-state index in [-0.39, 0.29) is 11.9 Å². The summed E-state index contributed by atoms with van der Waals surface area (Å²) in [5, 5.41) is 2.86. The lowest BCUT2D eigenvalue weighted by Crippen LogP contribution is -2.51. The van der Waals surface area contributed by atoms with Crippen LogP contribution in [0, 0.1) is 0 Å². The highest BCUT2D eigenvalue weighted by molar-refractivity contribution is 5.45. The summed E-state index contributed by atoms with van der Waals surface area (Å²) in [6.45, 7) is 9.59. The maximum absolute atomic E-state index is 12.9. The molecule has 1 aliphatic rings. The van der Waals surface area contributed by atoms with Crippen molar-refractivity contribution in [2.45, 2.75) is 26.1 Å². The second-order valence-electron chi connectivity index (χ2n) is 5.60. The minimum Gasteiger partial charge on any atom is -0.368 e. The van der Waals surface area contributed by atoms with Gasteiger partial charge in [0.25, 0.3) is 0 Å². The minimum atomic E-state index is -4.38. The second-order valence-corrected chi connectivity index (χ2v) is 5.60. The van der Waals surface area contributed by atoms with Crippen molar-refractivity contribution in [1.82, 2.24) is 14.8 Å². The van der Waals surface area contributed by atoms with Crippen LogP contribution < -0.4 is 5.32 Å². The normalized spacial score (nSPS) is 19.1. The standard InChI is InChI=1S/C15H23F3N4/c1-3-21-7-9-22(10-8-21)12(2)11-20-14-13(15(16,17)18)5-4-6-19-14/h4-6,12H,3,7-11H2,1-2H3,(H,19,20). The van der Waals surface area contributed by atoms with Crippen LogP contribution in [-0.4, -0.2) is 60.1 Å². The maximum Gasteiger partial charge on any atom is 0.419 e. The van der Waals surface area contributed by atoms with Crippen LogP contribution in [0.25, 0.3) is 0 Å². The predicted molar refractivity (Wildman–Crippen MR) is 80.9 cm³/mol. The van der Waals surface area contributed by atoms with Gasteiger partial charge in [0.05, 0.1) is 5.56 Å². The lowest BCUT2D eigenvalue weighted by atomic mass is 10.2. The molecule has 1 N–H and O–H groups in total. The highest BCUT2D eigenvalue weighted by Gasteiger charge is 2.34. The number of likely N-dealkylation sites (N-methyl/N-ethyl adjacent to an activating group) is 1. The van der Waals surface area contributed by atoms with Gasteiger partial charge in [-0.1, -0.05) is 6.92 Å². The molecule has 22 heavy (non-hydrogen) atoms. The molecule has 7 heteroatoms. The number of alkyl halides is 3. The fourth-order valence-corrected chi connectivity index (χ4v) is 2.67. The van der Waals surface area contributed by atoms with Gasteiger partial charge in [-0.25, -0.2) is 4.98 Å². The molecule has 1 atom stereocenters. The number of piperazine rings is 1. The van der Waals surface area contributed by atoms with E-state index >= 15 is 0 Å². The van der Waals surface area contributed by atoms with E-state index in [1.807, 2.05) is 6.92 Å². The van der Waals surface area contributed by atoms with Gasteiger partial charge in [0.1, 0.15) is 5.82 Å². The molecule has 2 rings (SSSR count). The molecule has 4 nitrogen and oxygen atoms in total. The summed E-state index contributed by atoms with van der Waals surface area (Å²) in [7, 11) is 0. The number of pyridine rings is 1. The van der Waals surface area contributed by atoms with E-state index in [1.165, 1.54) is 12.3 Å². The molecule has 1 aromatic heterocycles. The molecule has 0 radical (unpaired) electrons. The van der Waals surface area contributed by atoms with Gasteiger partial charge in [-0.2, -0.15) is 13.2 Å². The van der Waals surface area contributed by atoms with Crippen LogP contribution in [0.1, 0.15) is 19.4 Å². The molecule has 0 aliphatic carbocycles. The van der Waals surface area contributed by atoms with Gasteiger partial charge in [0.15, 0.2) is 0 Å². The molecule has 0 saturated carbocycles. The first-order valence-electron chi connectivity index (χ1n) is 7.64. The Kier molecular flexibility index (Phi) is 5.63. The molecule has 0 bridgehead atoms. The van der Waals surface area contributed by atoms with Crippen molar-refractivity contribution in [2.24, 2.45) is 0 Å². The van der Waals surface area contributed by atoms with Crippen molar-refractivity contribution in [3.05, 3.63) is 23.9 Å². The van der Waals surface area contributed by atoms with E-state index in [1.54, 1.807) is 0 Å². The third-order valence-corrected chi connectivity index (χ3v) is 4.16. The first-order chi connectivity index (χ1) is 10.4. The number of rotatable bonds is 5. The summed E-state index contributed by atoms with van der Waals surface area (Å²) >= 11 is 0. The van der Waals surface area contributed by atoms with Crippen molar-refractivity contribution < 1.29 is 13.2 Å². The monoisotopic (exact) mass is 316 g/mol. The molecule has 2 heterocycles. The molecule has 1 aromatic rings. The van der Waals surface area contributed by atoms with Crippen LogP contribution in [0.5, 0.6) is 0 Å². The van der Waals surface area contributed by atoms with Gasteiger partial charge in [0.2, 0.25) is 0 Å². The van der Waals surface area contributed by atoms with Gasteiger partial charge >= 0.3 is 6.18 Å². The molecular weight excluding hydrogens is 293 g/mol. The highest BCUT2D eigenvalue weighted by atomic mass is 19.4. The lowest BCUT2D eigenvalue weighted by Gasteiger charge is -2.37. The van der Waals surface area contributed by atoms with E-state index in [2.05, 4.69) is 27.0 Å². The van der Waals surface area contributed by atoms with E-state index in [0.717, 1.165) is 38.8 Å². The molecule has 0 amide bonds. The lowest BCUT2D eigenvalue weighted by molar-refractivity contribution is -0.137. The van der Waals surface area contributed by atoms with Gasteiger partial charge < -0.3 is 10.2 Å². The Balaban J connectivity index is 1.91. The number of halogens is 3. The van der Waals surface area contributed by atoms with Crippen LogP contribution in [0.4, 0.5) is 19.0 Å². The van der Waals surface area contributed by atoms with E-state index in [4.69, 9.17) is 0 Å². The molecule has 0 spiro atoms.